The molecule has 0 radical (unpaired) electrons. The van der Waals surface area contributed by atoms with Crippen LogP contribution >= 0.6 is 15.9 Å². The van der Waals surface area contributed by atoms with E-state index in [1.54, 1.807) is 12.1 Å². The zero-order chi connectivity index (χ0) is 20.3. The van der Waals surface area contributed by atoms with Crippen LogP contribution in [0.4, 0.5) is 4.39 Å². The largest absolute Gasteiger partial charge is 0.369 e. The van der Waals surface area contributed by atoms with Crippen LogP contribution in [0.3, 0.4) is 0 Å². The zero-order valence-corrected chi connectivity index (χ0v) is 17.0. The van der Waals surface area contributed by atoms with E-state index in [4.69, 9.17) is 5.73 Å². The summed E-state index contributed by atoms with van der Waals surface area (Å²) in [6.45, 7) is 2.21. The molecule has 0 bridgehead atoms. The molecule has 28 heavy (non-hydrogen) atoms. The van der Waals surface area contributed by atoms with Crippen molar-refractivity contribution in [3.63, 3.8) is 0 Å². The SMILES string of the molecule is Cc1c(Br)c2ccccc2n1CC(=O)NCC(Cc1ccc(F)cc1)C(N)=O. The van der Waals surface area contributed by atoms with Gasteiger partial charge in [0.1, 0.15) is 12.4 Å². The summed E-state index contributed by atoms with van der Waals surface area (Å²) >= 11 is 3.57. The molecule has 7 heteroatoms. The van der Waals surface area contributed by atoms with Crippen LogP contribution in [-0.4, -0.2) is 22.9 Å². The fraction of sp³-hybridized carbons (Fsp3) is 0.238. The molecule has 2 amide bonds. The van der Waals surface area contributed by atoms with E-state index in [1.807, 2.05) is 35.8 Å². The highest BCUT2D eigenvalue weighted by Gasteiger charge is 2.19. The Labute approximate surface area is 170 Å². The van der Waals surface area contributed by atoms with E-state index in [0.717, 1.165) is 26.6 Å². The van der Waals surface area contributed by atoms with Gasteiger partial charge in [-0.1, -0.05) is 30.3 Å². The van der Waals surface area contributed by atoms with Crippen LogP contribution in [0.15, 0.2) is 53.0 Å². The van der Waals surface area contributed by atoms with Crippen molar-refractivity contribution >= 4 is 38.6 Å². The lowest BCUT2D eigenvalue weighted by Gasteiger charge is -2.15. The number of hydrogen-bond acceptors (Lipinski definition) is 2. The molecule has 3 aromatic rings. The molecule has 0 aliphatic heterocycles. The average Bonchev–Trinajstić information content (AvgIpc) is 2.91. The minimum absolute atomic E-state index is 0.130. The number of carbonyl (C=O) groups excluding carboxylic acids is 2. The Kier molecular flexibility index (Phi) is 6.14. The minimum atomic E-state index is -0.566. The maximum atomic E-state index is 13.0. The lowest BCUT2D eigenvalue weighted by molar-refractivity contribution is -0.123. The van der Waals surface area contributed by atoms with E-state index in [0.29, 0.717) is 6.42 Å². The predicted octanol–water partition coefficient (Wildman–Crippen LogP) is 3.31. The first-order valence-electron chi connectivity index (χ1n) is 8.90. The Balaban J connectivity index is 1.66. The van der Waals surface area contributed by atoms with Crippen molar-refractivity contribution in [1.82, 2.24) is 9.88 Å². The highest BCUT2D eigenvalue weighted by atomic mass is 79.9. The number of halogens is 2. The first-order chi connectivity index (χ1) is 13.4. The molecular formula is C21H21BrFN3O2. The van der Waals surface area contributed by atoms with Crippen molar-refractivity contribution in [3.8, 4) is 0 Å². The summed E-state index contributed by atoms with van der Waals surface area (Å²) in [6, 6.07) is 13.7. The van der Waals surface area contributed by atoms with E-state index in [2.05, 4.69) is 21.2 Å². The number of nitrogens with one attached hydrogen (secondary N) is 1. The molecule has 1 atom stereocenters. The van der Waals surface area contributed by atoms with Crippen LogP contribution in [0.1, 0.15) is 11.3 Å². The third-order valence-electron chi connectivity index (χ3n) is 4.80. The summed E-state index contributed by atoms with van der Waals surface area (Å²) in [4.78, 5) is 24.3. The molecule has 0 saturated carbocycles. The normalized spacial score (nSPS) is 12.1. The molecular weight excluding hydrogens is 425 g/mol. The topological polar surface area (TPSA) is 77.1 Å². The van der Waals surface area contributed by atoms with Gasteiger partial charge >= 0.3 is 0 Å². The molecule has 1 heterocycles. The van der Waals surface area contributed by atoms with Gasteiger partial charge in [0.25, 0.3) is 0 Å². The van der Waals surface area contributed by atoms with E-state index in [9.17, 15) is 14.0 Å². The van der Waals surface area contributed by atoms with Gasteiger partial charge in [0, 0.05) is 27.6 Å². The number of amides is 2. The Morgan fingerprint density at radius 3 is 2.54 bits per heavy atom. The number of nitrogens with zero attached hydrogens (tertiary/aromatic N) is 1. The number of fused-ring (bicyclic) bond motifs is 1. The van der Waals surface area contributed by atoms with Crippen LogP contribution < -0.4 is 11.1 Å². The fourth-order valence-electron chi connectivity index (χ4n) is 3.21. The third-order valence-corrected chi connectivity index (χ3v) is 5.80. The summed E-state index contributed by atoms with van der Waals surface area (Å²) in [5.41, 5.74) is 8.18. The van der Waals surface area contributed by atoms with Gasteiger partial charge in [-0.15, -0.1) is 0 Å². The smallest absolute Gasteiger partial charge is 0.239 e. The number of rotatable bonds is 7. The van der Waals surface area contributed by atoms with Crippen LogP contribution in [0.25, 0.3) is 10.9 Å². The molecule has 146 valence electrons. The summed E-state index contributed by atoms with van der Waals surface area (Å²) in [5, 5.41) is 3.84. The number of hydrogen-bond donors (Lipinski definition) is 2. The number of nitrogens with two attached hydrogens (primary N) is 1. The Morgan fingerprint density at radius 1 is 1.18 bits per heavy atom. The van der Waals surface area contributed by atoms with Gasteiger partial charge in [0.05, 0.1) is 5.92 Å². The van der Waals surface area contributed by atoms with Crippen molar-refractivity contribution in [2.45, 2.75) is 19.9 Å². The Bertz CT molecular complexity index is 1010. The molecule has 1 unspecified atom stereocenters. The zero-order valence-electron chi connectivity index (χ0n) is 15.4. The molecule has 2 aromatic carbocycles. The first kappa shape index (κ1) is 20.1. The van der Waals surface area contributed by atoms with Crippen LogP contribution in [-0.2, 0) is 22.6 Å². The van der Waals surface area contributed by atoms with Crippen molar-refractivity contribution in [2.75, 3.05) is 6.54 Å². The number of aromatic nitrogens is 1. The van der Waals surface area contributed by atoms with Crippen molar-refractivity contribution in [2.24, 2.45) is 11.7 Å². The number of para-hydroxylation sites is 1. The summed E-state index contributed by atoms with van der Waals surface area (Å²) in [6.07, 6.45) is 0.340. The van der Waals surface area contributed by atoms with E-state index in [-0.39, 0.29) is 24.8 Å². The van der Waals surface area contributed by atoms with Gasteiger partial charge in [-0.25, -0.2) is 4.39 Å². The fourth-order valence-corrected chi connectivity index (χ4v) is 3.76. The molecule has 0 saturated heterocycles. The standard InChI is InChI=1S/C21H21BrFN3O2/c1-13-20(22)17-4-2-3-5-18(17)26(13)12-19(27)25-11-15(21(24)28)10-14-6-8-16(23)9-7-14/h2-9,15H,10-12H2,1H3,(H2,24,28)(H,25,27). The Hall–Kier alpha value is -2.67. The number of benzene rings is 2. The van der Waals surface area contributed by atoms with Gasteiger partial charge in [-0.3, -0.25) is 9.59 Å². The molecule has 1 aromatic heterocycles. The predicted molar refractivity (Wildman–Crippen MR) is 110 cm³/mol. The highest BCUT2D eigenvalue weighted by Crippen LogP contribution is 2.30. The molecule has 0 spiro atoms. The second kappa shape index (κ2) is 8.56. The molecule has 3 N–H and O–H groups in total. The van der Waals surface area contributed by atoms with Crippen LogP contribution in [0.2, 0.25) is 0 Å². The maximum absolute atomic E-state index is 13.0. The quantitative estimate of drug-likeness (QED) is 0.584. The van der Waals surface area contributed by atoms with E-state index < -0.39 is 11.8 Å². The molecule has 3 rings (SSSR count). The monoisotopic (exact) mass is 445 g/mol. The summed E-state index contributed by atoms with van der Waals surface area (Å²) in [7, 11) is 0. The van der Waals surface area contributed by atoms with Crippen LogP contribution in [0.5, 0.6) is 0 Å². The van der Waals surface area contributed by atoms with E-state index >= 15 is 0 Å². The van der Waals surface area contributed by atoms with Crippen LogP contribution in [0, 0.1) is 18.7 Å². The maximum Gasteiger partial charge on any atom is 0.239 e. The molecule has 0 aliphatic carbocycles. The second-order valence-electron chi connectivity index (χ2n) is 6.74. The number of primary amides is 1. The van der Waals surface area contributed by atoms with Gasteiger partial charge in [0.15, 0.2) is 0 Å². The molecule has 5 nitrogen and oxygen atoms in total. The van der Waals surface area contributed by atoms with Crippen molar-refractivity contribution < 1.29 is 14.0 Å². The average molecular weight is 446 g/mol. The van der Waals surface area contributed by atoms with Crippen molar-refractivity contribution in [1.29, 1.82) is 0 Å². The Morgan fingerprint density at radius 2 is 1.86 bits per heavy atom. The van der Waals surface area contributed by atoms with Crippen molar-refractivity contribution in [3.05, 3.63) is 70.1 Å². The highest BCUT2D eigenvalue weighted by molar-refractivity contribution is 9.10. The van der Waals surface area contributed by atoms with E-state index in [1.165, 1.54) is 12.1 Å². The van der Waals surface area contributed by atoms with Gasteiger partial charge in [-0.05, 0) is 53.0 Å². The van der Waals surface area contributed by atoms with Gasteiger partial charge < -0.3 is 15.6 Å². The lowest BCUT2D eigenvalue weighted by atomic mass is 9.98. The van der Waals surface area contributed by atoms with Gasteiger partial charge in [-0.2, -0.15) is 0 Å². The van der Waals surface area contributed by atoms with Gasteiger partial charge in [0.2, 0.25) is 11.8 Å². The second-order valence-corrected chi connectivity index (χ2v) is 7.53. The summed E-state index contributed by atoms with van der Waals surface area (Å²) in [5.74, 6) is -1.62. The third kappa shape index (κ3) is 4.42. The molecule has 0 fully saturated rings. The molecule has 0 aliphatic rings. The number of carbonyl (C=O) groups is 2. The first-order valence-corrected chi connectivity index (χ1v) is 9.70. The lowest BCUT2D eigenvalue weighted by Crippen LogP contribution is -2.38. The summed E-state index contributed by atoms with van der Waals surface area (Å²) < 4.78 is 15.9. The minimum Gasteiger partial charge on any atom is -0.369 e.